The van der Waals surface area contributed by atoms with Gasteiger partial charge in [-0.3, -0.25) is 9.59 Å². The number of amides is 2. The molecule has 0 heterocycles. The molecule has 26 heavy (non-hydrogen) atoms. The fourth-order valence-electron chi connectivity index (χ4n) is 1.95. The Kier molecular flexibility index (Phi) is 7.17. The van der Waals surface area contributed by atoms with Crippen LogP contribution in [-0.4, -0.2) is 38.0 Å². The molecule has 0 spiro atoms. The Bertz CT molecular complexity index is 744. The highest BCUT2D eigenvalue weighted by Gasteiger charge is 2.11. The first-order chi connectivity index (χ1) is 12.6. The molecular weight excluding hydrogens is 336 g/mol. The minimum Gasteiger partial charge on any atom is -0.489 e. The highest BCUT2D eigenvalue weighted by atomic mass is 16.5. The van der Waals surface area contributed by atoms with Crippen molar-refractivity contribution in [3.63, 3.8) is 0 Å². The van der Waals surface area contributed by atoms with E-state index in [0.29, 0.717) is 12.2 Å². The zero-order chi connectivity index (χ0) is 18.8. The summed E-state index contributed by atoms with van der Waals surface area (Å²) in [6.45, 7) is -0.237. The van der Waals surface area contributed by atoms with Crippen molar-refractivity contribution in [1.82, 2.24) is 10.6 Å². The van der Waals surface area contributed by atoms with Crippen molar-refractivity contribution in [3.8, 4) is 5.75 Å². The maximum atomic E-state index is 11.9. The molecule has 2 aromatic carbocycles. The Morgan fingerprint density at radius 1 is 0.923 bits per heavy atom. The van der Waals surface area contributed by atoms with Crippen molar-refractivity contribution in [3.05, 3.63) is 65.7 Å². The molecular formula is C19H20N2O5. The summed E-state index contributed by atoms with van der Waals surface area (Å²) in [4.78, 5) is 34.4. The van der Waals surface area contributed by atoms with Crippen molar-refractivity contribution in [2.75, 3.05) is 20.2 Å². The molecule has 2 rings (SSSR count). The Labute approximate surface area is 151 Å². The van der Waals surface area contributed by atoms with Crippen LogP contribution in [-0.2, 0) is 20.9 Å². The topological polar surface area (TPSA) is 93.7 Å². The summed E-state index contributed by atoms with van der Waals surface area (Å²) in [6, 6.07) is 16.1. The SMILES string of the molecule is CNC(=O)CNC(=O)COC(=O)c1ccc(COc2ccccc2)cc1. The van der Waals surface area contributed by atoms with Crippen LogP contribution in [0.5, 0.6) is 5.75 Å². The van der Waals surface area contributed by atoms with E-state index in [-0.39, 0.29) is 12.5 Å². The number of esters is 1. The van der Waals surface area contributed by atoms with Gasteiger partial charge in [-0.2, -0.15) is 0 Å². The lowest BCUT2D eigenvalue weighted by molar-refractivity contribution is -0.127. The fraction of sp³-hybridized carbons (Fsp3) is 0.211. The highest BCUT2D eigenvalue weighted by molar-refractivity contribution is 5.92. The Morgan fingerprint density at radius 2 is 1.62 bits per heavy atom. The van der Waals surface area contributed by atoms with Gasteiger partial charge in [0.05, 0.1) is 12.1 Å². The summed E-state index contributed by atoms with van der Waals surface area (Å²) in [5.74, 6) is -0.734. The number of ether oxygens (including phenoxy) is 2. The van der Waals surface area contributed by atoms with Crippen LogP contribution in [0.4, 0.5) is 0 Å². The number of likely N-dealkylation sites (N-methyl/N-ethyl adjacent to an activating group) is 1. The molecule has 7 heteroatoms. The van der Waals surface area contributed by atoms with Crippen LogP contribution in [0.25, 0.3) is 0 Å². The van der Waals surface area contributed by atoms with Gasteiger partial charge in [0.15, 0.2) is 6.61 Å². The van der Waals surface area contributed by atoms with Crippen molar-refractivity contribution < 1.29 is 23.9 Å². The largest absolute Gasteiger partial charge is 0.489 e. The van der Waals surface area contributed by atoms with Crippen LogP contribution in [0.1, 0.15) is 15.9 Å². The molecule has 2 amide bonds. The number of benzene rings is 2. The summed E-state index contributed by atoms with van der Waals surface area (Å²) in [6.07, 6.45) is 0. The van der Waals surface area contributed by atoms with Gasteiger partial charge in [-0.1, -0.05) is 30.3 Å². The summed E-state index contributed by atoms with van der Waals surface area (Å²) in [7, 11) is 1.46. The van der Waals surface area contributed by atoms with Crippen LogP contribution in [0.3, 0.4) is 0 Å². The second-order valence-electron chi connectivity index (χ2n) is 5.32. The van der Waals surface area contributed by atoms with E-state index in [9.17, 15) is 14.4 Å². The lowest BCUT2D eigenvalue weighted by atomic mass is 10.1. The van der Waals surface area contributed by atoms with Crippen LogP contribution in [0.2, 0.25) is 0 Å². The smallest absolute Gasteiger partial charge is 0.338 e. The zero-order valence-electron chi connectivity index (χ0n) is 14.4. The number of carbonyl (C=O) groups is 3. The molecule has 7 nitrogen and oxygen atoms in total. The van der Waals surface area contributed by atoms with Crippen molar-refractivity contribution in [2.24, 2.45) is 0 Å². The third-order valence-electron chi connectivity index (χ3n) is 3.40. The first kappa shape index (κ1) is 19.0. The molecule has 2 aromatic rings. The summed E-state index contributed by atoms with van der Waals surface area (Å²) < 4.78 is 10.5. The van der Waals surface area contributed by atoms with Crippen LogP contribution in [0.15, 0.2) is 54.6 Å². The molecule has 0 saturated carbocycles. The van der Waals surface area contributed by atoms with E-state index in [0.717, 1.165) is 11.3 Å². The maximum Gasteiger partial charge on any atom is 0.338 e. The monoisotopic (exact) mass is 356 g/mol. The van der Waals surface area contributed by atoms with Gasteiger partial charge in [0.25, 0.3) is 5.91 Å². The fourth-order valence-corrected chi connectivity index (χ4v) is 1.95. The third kappa shape index (κ3) is 6.27. The molecule has 0 unspecified atom stereocenters. The molecule has 0 aliphatic heterocycles. The van der Waals surface area contributed by atoms with Gasteiger partial charge in [0, 0.05) is 7.05 Å². The van der Waals surface area contributed by atoms with E-state index in [1.165, 1.54) is 7.05 Å². The average molecular weight is 356 g/mol. The number of carbonyl (C=O) groups excluding carboxylic acids is 3. The summed E-state index contributed by atoms with van der Waals surface area (Å²) in [5.41, 5.74) is 1.22. The number of rotatable bonds is 8. The number of hydrogen-bond acceptors (Lipinski definition) is 5. The Balaban J connectivity index is 1.77. The van der Waals surface area contributed by atoms with Gasteiger partial charge < -0.3 is 20.1 Å². The van der Waals surface area contributed by atoms with Crippen LogP contribution >= 0.6 is 0 Å². The first-order valence-corrected chi connectivity index (χ1v) is 7.99. The lowest BCUT2D eigenvalue weighted by Crippen LogP contribution is -2.37. The number of nitrogens with one attached hydrogen (secondary N) is 2. The number of para-hydroxylation sites is 1. The summed E-state index contributed by atoms with van der Waals surface area (Å²) in [5, 5.41) is 4.70. The number of hydrogen-bond donors (Lipinski definition) is 2. The van der Waals surface area contributed by atoms with E-state index in [1.54, 1.807) is 24.3 Å². The van der Waals surface area contributed by atoms with Crippen molar-refractivity contribution >= 4 is 17.8 Å². The molecule has 0 bridgehead atoms. The van der Waals surface area contributed by atoms with E-state index in [1.807, 2.05) is 30.3 Å². The normalized spacial score (nSPS) is 9.88. The molecule has 136 valence electrons. The molecule has 0 aliphatic rings. The Hall–Kier alpha value is -3.35. The van der Waals surface area contributed by atoms with Crippen molar-refractivity contribution in [2.45, 2.75) is 6.61 Å². The van der Waals surface area contributed by atoms with Gasteiger partial charge in [-0.05, 0) is 29.8 Å². The lowest BCUT2D eigenvalue weighted by Gasteiger charge is -2.08. The second kappa shape index (κ2) is 9.83. The first-order valence-electron chi connectivity index (χ1n) is 7.99. The standard InChI is InChI=1S/C19H20N2O5/c1-20-17(22)11-21-18(23)13-26-19(24)15-9-7-14(8-10-15)12-25-16-5-3-2-4-6-16/h2-10H,11-13H2,1H3,(H,20,22)(H,21,23). The molecule has 0 saturated heterocycles. The van der Waals surface area contributed by atoms with Gasteiger partial charge in [-0.15, -0.1) is 0 Å². The second-order valence-corrected chi connectivity index (χ2v) is 5.32. The molecule has 0 radical (unpaired) electrons. The third-order valence-corrected chi connectivity index (χ3v) is 3.40. The van der Waals surface area contributed by atoms with Crippen LogP contribution < -0.4 is 15.4 Å². The van der Waals surface area contributed by atoms with E-state index in [2.05, 4.69) is 10.6 Å². The maximum absolute atomic E-state index is 11.9. The summed E-state index contributed by atoms with van der Waals surface area (Å²) >= 11 is 0. The van der Waals surface area contributed by atoms with Crippen molar-refractivity contribution in [1.29, 1.82) is 0 Å². The minimum absolute atomic E-state index is 0.164. The highest BCUT2D eigenvalue weighted by Crippen LogP contribution is 2.12. The minimum atomic E-state index is -0.615. The van der Waals surface area contributed by atoms with E-state index in [4.69, 9.17) is 9.47 Å². The van der Waals surface area contributed by atoms with Gasteiger partial charge >= 0.3 is 5.97 Å². The Morgan fingerprint density at radius 3 is 2.27 bits per heavy atom. The molecule has 0 fully saturated rings. The molecule has 0 atom stereocenters. The molecule has 2 N–H and O–H groups in total. The van der Waals surface area contributed by atoms with Gasteiger partial charge in [0.2, 0.25) is 5.91 Å². The molecule has 0 aliphatic carbocycles. The zero-order valence-corrected chi connectivity index (χ0v) is 14.4. The van der Waals surface area contributed by atoms with Crippen LogP contribution in [0, 0.1) is 0 Å². The van der Waals surface area contributed by atoms with E-state index < -0.39 is 18.5 Å². The average Bonchev–Trinajstić information content (AvgIpc) is 2.69. The molecule has 0 aromatic heterocycles. The predicted molar refractivity (Wildman–Crippen MR) is 94.6 cm³/mol. The van der Waals surface area contributed by atoms with Gasteiger partial charge in [-0.25, -0.2) is 4.79 Å². The quantitative estimate of drug-likeness (QED) is 0.695. The van der Waals surface area contributed by atoms with E-state index >= 15 is 0 Å². The van der Waals surface area contributed by atoms with Gasteiger partial charge in [0.1, 0.15) is 12.4 Å². The predicted octanol–water partition coefficient (Wildman–Crippen LogP) is 1.28.